The number of carbonyl (C=O) groups is 2. The molecule has 0 aliphatic heterocycles. The first-order valence-electron chi connectivity index (χ1n) is 7.55. The number of aliphatic carboxylic acids is 1. The largest absolute Gasteiger partial charge is 2.00 e. The van der Waals surface area contributed by atoms with E-state index >= 15 is 0 Å². The van der Waals surface area contributed by atoms with Gasteiger partial charge in [0.2, 0.25) is 0 Å². The van der Waals surface area contributed by atoms with Crippen molar-refractivity contribution < 1.29 is 17.5 Å². The molecule has 0 amide bonds. The van der Waals surface area contributed by atoms with Crippen LogP contribution in [0.2, 0.25) is 0 Å². The molecule has 2 rings (SSSR count). The van der Waals surface area contributed by atoms with Gasteiger partial charge in [-0.15, -0.1) is 0 Å². The van der Waals surface area contributed by atoms with Gasteiger partial charge in [0, 0.05) is 11.1 Å². The molecule has 0 saturated heterocycles. The third kappa shape index (κ3) is 8.60. The molecule has 5 heteroatoms. The molecule has 3 N–H and O–H groups in total. The zero-order valence-electron chi connectivity index (χ0n) is 16.2. The second kappa shape index (κ2) is 12.2. The maximum atomic E-state index is 11.8. The molecule has 2 aromatic carbocycles. The minimum absolute atomic E-state index is 0. The molecule has 0 fully saturated rings. The Kier molecular flexibility index (Phi) is 11.6. The molecule has 0 heterocycles. The number of carbonyl (C=O) groups excluding carboxylic acids is 1. The summed E-state index contributed by atoms with van der Waals surface area (Å²) >= 11 is 0. The average Bonchev–Trinajstić information content (AvgIpc) is 2.55. The quantitative estimate of drug-likeness (QED) is 0.637. The van der Waals surface area contributed by atoms with Crippen LogP contribution in [0.5, 0.6) is 0 Å². The minimum Gasteiger partial charge on any atom is -1.00 e. The van der Waals surface area contributed by atoms with E-state index in [1.165, 1.54) is 0 Å². The fourth-order valence-electron chi connectivity index (χ4n) is 1.95. The summed E-state index contributed by atoms with van der Waals surface area (Å²) < 4.78 is 0. The molecule has 0 aliphatic rings. The van der Waals surface area contributed by atoms with Crippen molar-refractivity contribution in [3.63, 3.8) is 0 Å². The van der Waals surface area contributed by atoms with E-state index in [0.29, 0.717) is 12.3 Å². The zero-order valence-corrected chi connectivity index (χ0v) is 16.4. The Morgan fingerprint density at radius 2 is 1.33 bits per heavy atom. The van der Waals surface area contributed by atoms with Crippen LogP contribution < -0.4 is 5.73 Å². The number of carboxylic acid groups (broad SMARTS) is 1. The van der Waals surface area contributed by atoms with Crippen LogP contribution in [0.15, 0.2) is 60.7 Å². The average molecular weight is 355 g/mol. The number of nitrogens with two attached hydrogens (primary N) is 1. The molecular formula is C19H25CaNO3. The third-order valence-corrected chi connectivity index (χ3v) is 3.11. The maximum absolute atomic E-state index is 11.8. The van der Waals surface area contributed by atoms with Gasteiger partial charge in [0.15, 0.2) is 5.78 Å². The molecule has 0 radical (unpaired) electrons. The predicted molar refractivity (Wildman–Crippen MR) is 99.4 cm³/mol. The molecule has 126 valence electrons. The van der Waals surface area contributed by atoms with Crippen LogP contribution in [0.25, 0.3) is 0 Å². The van der Waals surface area contributed by atoms with Crippen molar-refractivity contribution in [3.8, 4) is 0 Å². The Hall–Kier alpha value is -1.20. The SMILES string of the molecule is CC(C)CC(N)C(=O)O.O=C(c1ccccc1)c1ccccc1.[Ca+2].[H-].[H-]. The summed E-state index contributed by atoms with van der Waals surface area (Å²) in [7, 11) is 0. The van der Waals surface area contributed by atoms with Gasteiger partial charge in [-0.2, -0.15) is 0 Å². The van der Waals surface area contributed by atoms with Crippen molar-refractivity contribution in [3.05, 3.63) is 71.8 Å². The second-order valence-corrected chi connectivity index (χ2v) is 5.64. The van der Waals surface area contributed by atoms with E-state index in [4.69, 9.17) is 10.8 Å². The summed E-state index contributed by atoms with van der Waals surface area (Å²) in [6.45, 7) is 3.89. The Morgan fingerprint density at radius 1 is 0.958 bits per heavy atom. The summed E-state index contributed by atoms with van der Waals surface area (Å²) in [5.41, 5.74) is 6.69. The molecule has 0 aliphatic carbocycles. The van der Waals surface area contributed by atoms with E-state index < -0.39 is 12.0 Å². The van der Waals surface area contributed by atoms with E-state index in [1.807, 2.05) is 74.5 Å². The number of rotatable bonds is 5. The first kappa shape index (κ1) is 22.8. The van der Waals surface area contributed by atoms with Crippen LogP contribution in [0.1, 0.15) is 39.0 Å². The molecule has 4 nitrogen and oxygen atoms in total. The predicted octanol–water partition coefficient (Wildman–Crippen LogP) is 3.21. The van der Waals surface area contributed by atoms with Crippen molar-refractivity contribution in [2.24, 2.45) is 11.7 Å². The van der Waals surface area contributed by atoms with Gasteiger partial charge < -0.3 is 13.7 Å². The van der Waals surface area contributed by atoms with Gasteiger partial charge >= 0.3 is 43.7 Å². The van der Waals surface area contributed by atoms with Gasteiger partial charge in [-0.05, 0) is 12.3 Å². The molecule has 0 bridgehead atoms. The maximum Gasteiger partial charge on any atom is 2.00 e. The van der Waals surface area contributed by atoms with Crippen molar-refractivity contribution in [1.82, 2.24) is 0 Å². The number of benzene rings is 2. The van der Waals surface area contributed by atoms with E-state index in [2.05, 4.69) is 0 Å². The standard InChI is InChI=1S/C13H10O.C6H13NO2.Ca.2H/c14-13(11-7-3-1-4-8-11)12-9-5-2-6-10-12;1-4(2)3-5(7)6(8)9;;;/h1-10H;4-5H,3,7H2,1-2H3,(H,8,9);;;/q;;+2;2*-1. The van der Waals surface area contributed by atoms with Crippen molar-refractivity contribution in [2.75, 3.05) is 0 Å². The van der Waals surface area contributed by atoms with E-state index in [-0.39, 0.29) is 46.4 Å². The summed E-state index contributed by atoms with van der Waals surface area (Å²) in [5.74, 6) is -0.481. The van der Waals surface area contributed by atoms with Gasteiger partial charge in [-0.1, -0.05) is 74.5 Å². The first-order valence-corrected chi connectivity index (χ1v) is 7.55. The van der Waals surface area contributed by atoms with Crippen LogP contribution in [0.3, 0.4) is 0 Å². The van der Waals surface area contributed by atoms with Crippen molar-refractivity contribution in [2.45, 2.75) is 26.3 Å². The first-order chi connectivity index (χ1) is 10.9. The Bertz CT molecular complexity index is 584. The summed E-state index contributed by atoms with van der Waals surface area (Å²) in [5, 5.41) is 8.31. The van der Waals surface area contributed by atoms with Gasteiger partial charge in [0.1, 0.15) is 6.04 Å². The van der Waals surface area contributed by atoms with Crippen molar-refractivity contribution >= 4 is 49.5 Å². The van der Waals surface area contributed by atoms with Crippen LogP contribution in [-0.4, -0.2) is 60.6 Å². The Balaban J connectivity index is -0.000000396. The monoisotopic (exact) mass is 355 g/mol. The molecule has 1 atom stereocenters. The molecular weight excluding hydrogens is 330 g/mol. The second-order valence-electron chi connectivity index (χ2n) is 5.64. The van der Waals surface area contributed by atoms with E-state index in [1.54, 1.807) is 0 Å². The van der Waals surface area contributed by atoms with Crippen LogP contribution >= 0.6 is 0 Å². The molecule has 24 heavy (non-hydrogen) atoms. The molecule has 2 aromatic rings. The smallest absolute Gasteiger partial charge is 1.00 e. The van der Waals surface area contributed by atoms with Crippen LogP contribution in [-0.2, 0) is 4.79 Å². The summed E-state index contributed by atoms with van der Waals surface area (Å²) in [6, 6.07) is 17.9. The third-order valence-electron chi connectivity index (χ3n) is 3.11. The topological polar surface area (TPSA) is 80.4 Å². The van der Waals surface area contributed by atoms with E-state index in [9.17, 15) is 9.59 Å². The minimum atomic E-state index is -0.913. The van der Waals surface area contributed by atoms with E-state index in [0.717, 1.165) is 11.1 Å². The van der Waals surface area contributed by atoms with Gasteiger partial charge in [-0.25, -0.2) is 0 Å². The molecule has 1 unspecified atom stereocenters. The number of carboxylic acids is 1. The van der Waals surface area contributed by atoms with Crippen LogP contribution in [0.4, 0.5) is 0 Å². The van der Waals surface area contributed by atoms with Crippen LogP contribution in [0, 0.1) is 5.92 Å². The van der Waals surface area contributed by atoms with Gasteiger partial charge in [0.05, 0.1) is 0 Å². The zero-order chi connectivity index (χ0) is 17.2. The summed E-state index contributed by atoms with van der Waals surface area (Å²) in [6.07, 6.45) is 0.551. The van der Waals surface area contributed by atoms with Gasteiger partial charge in [-0.3, -0.25) is 9.59 Å². The number of hydrogen-bond acceptors (Lipinski definition) is 3. The Labute approximate surface area is 176 Å². The fourth-order valence-corrected chi connectivity index (χ4v) is 1.95. The molecule has 0 aromatic heterocycles. The Morgan fingerprint density at radius 3 is 1.58 bits per heavy atom. The van der Waals surface area contributed by atoms with Gasteiger partial charge in [0.25, 0.3) is 0 Å². The molecule has 0 saturated carbocycles. The number of ketones is 1. The normalized spacial score (nSPS) is 10.8. The number of hydrogen-bond donors (Lipinski definition) is 2. The molecule has 0 spiro atoms. The fraction of sp³-hybridized carbons (Fsp3) is 0.263. The summed E-state index contributed by atoms with van der Waals surface area (Å²) in [4.78, 5) is 22.0. The van der Waals surface area contributed by atoms with Crippen molar-refractivity contribution in [1.29, 1.82) is 0 Å².